The summed E-state index contributed by atoms with van der Waals surface area (Å²) in [4.78, 5) is 13.0. The molecule has 0 aliphatic heterocycles. The molecule has 3 rings (SSSR count). The van der Waals surface area contributed by atoms with Crippen molar-refractivity contribution in [3.05, 3.63) is 18.5 Å². The molecule has 100 valence electrons. The van der Waals surface area contributed by atoms with Crippen molar-refractivity contribution in [2.24, 2.45) is 5.92 Å². The van der Waals surface area contributed by atoms with E-state index in [4.69, 9.17) is 0 Å². The summed E-state index contributed by atoms with van der Waals surface area (Å²) in [5.41, 5.74) is 0. The van der Waals surface area contributed by atoms with Gasteiger partial charge in [-0.25, -0.2) is 4.68 Å². The third kappa shape index (κ3) is 2.64. The lowest BCUT2D eigenvalue weighted by Crippen LogP contribution is -2.20. The molecule has 2 N–H and O–H groups in total. The van der Waals surface area contributed by atoms with Crippen LogP contribution in [0.25, 0.3) is 5.95 Å². The molecule has 7 heteroatoms. The van der Waals surface area contributed by atoms with Crippen LogP contribution in [0, 0.1) is 5.92 Å². The highest BCUT2D eigenvalue weighted by molar-refractivity contribution is 5.38. The first-order valence-electron chi connectivity index (χ1n) is 6.46. The molecule has 1 atom stereocenters. The van der Waals surface area contributed by atoms with E-state index in [0.29, 0.717) is 23.9 Å². The highest BCUT2D eigenvalue weighted by atomic mass is 15.4. The average molecular weight is 259 g/mol. The molecular formula is C12H17N7. The van der Waals surface area contributed by atoms with Gasteiger partial charge in [-0.15, -0.1) is 0 Å². The van der Waals surface area contributed by atoms with Crippen LogP contribution in [0.5, 0.6) is 0 Å². The van der Waals surface area contributed by atoms with Crippen LogP contribution in [0.15, 0.2) is 18.5 Å². The van der Waals surface area contributed by atoms with Gasteiger partial charge < -0.3 is 10.6 Å². The second kappa shape index (κ2) is 4.83. The second-order valence-electron chi connectivity index (χ2n) is 4.75. The Morgan fingerprint density at radius 3 is 2.68 bits per heavy atom. The van der Waals surface area contributed by atoms with E-state index < -0.39 is 0 Å². The quantitative estimate of drug-likeness (QED) is 0.842. The predicted octanol–water partition coefficient (Wildman–Crippen LogP) is 1.31. The van der Waals surface area contributed by atoms with Crippen LogP contribution in [-0.4, -0.2) is 37.8 Å². The van der Waals surface area contributed by atoms with E-state index in [1.54, 1.807) is 17.9 Å². The molecule has 0 amide bonds. The van der Waals surface area contributed by atoms with Gasteiger partial charge >= 0.3 is 0 Å². The average Bonchev–Trinajstić information content (AvgIpc) is 3.13. The van der Waals surface area contributed by atoms with E-state index >= 15 is 0 Å². The van der Waals surface area contributed by atoms with Crippen molar-refractivity contribution < 1.29 is 0 Å². The highest BCUT2D eigenvalue weighted by Gasteiger charge is 2.28. The number of aromatic nitrogens is 5. The van der Waals surface area contributed by atoms with Gasteiger partial charge in [0.2, 0.25) is 11.9 Å². The summed E-state index contributed by atoms with van der Waals surface area (Å²) in [6.45, 7) is 2.16. The van der Waals surface area contributed by atoms with Gasteiger partial charge in [-0.3, -0.25) is 0 Å². The molecule has 1 aliphatic carbocycles. The lowest BCUT2D eigenvalue weighted by Gasteiger charge is -2.13. The third-order valence-electron chi connectivity index (χ3n) is 3.24. The molecular weight excluding hydrogens is 242 g/mol. The standard InChI is InChI=1S/C12H17N7/c1-8(9-4-5-9)15-11-16-10(13-2)17-12(18-11)19-7-3-6-14-19/h3,6-9H,4-5H2,1-2H3,(H2,13,15,16,17,18). The van der Waals surface area contributed by atoms with Gasteiger partial charge in [0.1, 0.15) is 0 Å². The minimum absolute atomic E-state index is 0.387. The largest absolute Gasteiger partial charge is 0.357 e. The molecule has 1 aliphatic rings. The number of rotatable bonds is 5. The van der Waals surface area contributed by atoms with Crippen LogP contribution >= 0.6 is 0 Å². The van der Waals surface area contributed by atoms with Crippen LogP contribution < -0.4 is 10.6 Å². The fourth-order valence-corrected chi connectivity index (χ4v) is 1.95. The molecule has 0 saturated heterocycles. The third-order valence-corrected chi connectivity index (χ3v) is 3.24. The van der Waals surface area contributed by atoms with Crippen LogP contribution in [0.3, 0.4) is 0 Å². The Balaban J connectivity index is 1.88. The molecule has 0 aromatic carbocycles. The van der Waals surface area contributed by atoms with Crippen LogP contribution in [0.2, 0.25) is 0 Å². The number of anilines is 2. The van der Waals surface area contributed by atoms with E-state index in [1.807, 2.05) is 12.3 Å². The monoisotopic (exact) mass is 259 g/mol. The summed E-state index contributed by atoms with van der Waals surface area (Å²) >= 11 is 0. The minimum Gasteiger partial charge on any atom is -0.357 e. The number of nitrogens with one attached hydrogen (secondary N) is 2. The minimum atomic E-state index is 0.387. The zero-order chi connectivity index (χ0) is 13.2. The van der Waals surface area contributed by atoms with Gasteiger partial charge in [0.15, 0.2) is 0 Å². The molecule has 0 bridgehead atoms. The maximum Gasteiger partial charge on any atom is 0.257 e. The summed E-state index contributed by atoms with van der Waals surface area (Å²) < 4.78 is 1.62. The fraction of sp³-hybridized carbons (Fsp3) is 0.500. The van der Waals surface area contributed by atoms with Crippen molar-refractivity contribution in [2.75, 3.05) is 17.7 Å². The highest BCUT2D eigenvalue weighted by Crippen LogP contribution is 2.33. The van der Waals surface area contributed by atoms with Gasteiger partial charge in [-0.2, -0.15) is 20.1 Å². The molecule has 0 spiro atoms. The Bertz CT molecular complexity index is 547. The summed E-state index contributed by atoms with van der Waals surface area (Å²) in [6, 6.07) is 2.22. The van der Waals surface area contributed by atoms with Gasteiger partial charge in [0.05, 0.1) is 0 Å². The summed E-state index contributed by atoms with van der Waals surface area (Å²) in [7, 11) is 1.79. The van der Waals surface area contributed by atoms with Crippen LogP contribution in [0.1, 0.15) is 19.8 Å². The molecule has 2 aromatic heterocycles. The van der Waals surface area contributed by atoms with Crippen molar-refractivity contribution in [1.29, 1.82) is 0 Å². The Kier molecular flexibility index (Phi) is 3.02. The van der Waals surface area contributed by atoms with Gasteiger partial charge in [0.25, 0.3) is 5.95 Å². The molecule has 1 fully saturated rings. The lowest BCUT2D eigenvalue weighted by atomic mass is 10.2. The molecule has 19 heavy (non-hydrogen) atoms. The Labute approximate surface area is 111 Å². The van der Waals surface area contributed by atoms with Crippen LogP contribution in [-0.2, 0) is 0 Å². The molecule has 0 radical (unpaired) electrons. The maximum atomic E-state index is 4.40. The van der Waals surface area contributed by atoms with Crippen LogP contribution in [0.4, 0.5) is 11.9 Å². The van der Waals surface area contributed by atoms with Crippen molar-refractivity contribution in [2.45, 2.75) is 25.8 Å². The topological polar surface area (TPSA) is 80.5 Å². The number of nitrogens with zero attached hydrogens (tertiary/aromatic N) is 5. The zero-order valence-corrected chi connectivity index (χ0v) is 11.0. The van der Waals surface area contributed by atoms with Gasteiger partial charge in [-0.05, 0) is 31.7 Å². The van der Waals surface area contributed by atoms with Crippen molar-refractivity contribution in [1.82, 2.24) is 24.7 Å². The molecule has 1 unspecified atom stereocenters. The van der Waals surface area contributed by atoms with Gasteiger partial charge in [-0.1, -0.05) is 0 Å². The Hall–Kier alpha value is -2.18. The molecule has 2 aromatic rings. The summed E-state index contributed by atoms with van der Waals surface area (Å²) in [5, 5.41) is 10.4. The number of hydrogen-bond donors (Lipinski definition) is 2. The summed E-state index contributed by atoms with van der Waals surface area (Å²) in [5.74, 6) is 2.37. The Morgan fingerprint density at radius 2 is 2.05 bits per heavy atom. The predicted molar refractivity (Wildman–Crippen MR) is 72.3 cm³/mol. The smallest absolute Gasteiger partial charge is 0.257 e. The first kappa shape index (κ1) is 11.9. The van der Waals surface area contributed by atoms with Crippen molar-refractivity contribution >= 4 is 11.9 Å². The van der Waals surface area contributed by atoms with E-state index in [-0.39, 0.29) is 0 Å². The van der Waals surface area contributed by atoms with Gasteiger partial charge in [0, 0.05) is 25.5 Å². The number of hydrogen-bond acceptors (Lipinski definition) is 6. The second-order valence-corrected chi connectivity index (χ2v) is 4.75. The first-order chi connectivity index (χ1) is 9.26. The van der Waals surface area contributed by atoms with E-state index in [1.165, 1.54) is 12.8 Å². The Morgan fingerprint density at radius 1 is 1.26 bits per heavy atom. The van der Waals surface area contributed by atoms with Crippen molar-refractivity contribution in [3.63, 3.8) is 0 Å². The lowest BCUT2D eigenvalue weighted by molar-refractivity contribution is 0.682. The molecule has 1 saturated carbocycles. The van der Waals surface area contributed by atoms with E-state index in [2.05, 4.69) is 37.6 Å². The molecule has 7 nitrogen and oxygen atoms in total. The zero-order valence-electron chi connectivity index (χ0n) is 11.0. The van der Waals surface area contributed by atoms with Crippen molar-refractivity contribution in [3.8, 4) is 5.95 Å². The van der Waals surface area contributed by atoms with E-state index in [9.17, 15) is 0 Å². The maximum absolute atomic E-state index is 4.40. The SMILES string of the molecule is CNc1nc(NC(C)C2CC2)nc(-n2cccn2)n1. The first-order valence-corrected chi connectivity index (χ1v) is 6.46. The normalized spacial score (nSPS) is 16.1. The summed E-state index contributed by atoms with van der Waals surface area (Å²) in [6.07, 6.45) is 6.07. The molecule has 2 heterocycles. The van der Waals surface area contributed by atoms with E-state index in [0.717, 1.165) is 5.92 Å². The fourth-order valence-electron chi connectivity index (χ4n) is 1.95.